The van der Waals surface area contributed by atoms with Crippen molar-refractivity contribution in [1.82, 2.24) is 10.3 Å². The van der Waals surface area contributed by atoms with Crippen molar-refractivity contribution >= 4 is 27.8 Å². The molecule has 0 aliphatic heterocycles. The van der Waals surface area contributed by atoms with E-state index in [2.05, 4.69) is 26.2 Å². The van der Waals surface area contributed by atoms with Gasteiger partial charge in [0.2, 0.25) is 0 Å². The Balaban J connectivity index is 1.90. The molecule has 0 radical (unpaired) electrons. The second-order valence-electron chi connectivity index (χ2n) is 5.31. The van der Waals surface area contributed by atoms with Crippen molar-refractivity contribution < 1.29 is 14.7 Å². The lowest BCUT2D eigenvalue weighted by atomic mass is 9.95. The number of carboxylic acids is 1. The van der Waals surface area contributed by atoms with Crippen molar-refractivity contribution in [3.63, 3.8) is 0 Å². The number of fused-ring (bicyclic) bond motifs is 1. The lowest BCUT2D eigenvalue weighted by molar-refractivity contribution is -0.144. The molecule has 0 bridgehead atoms. The molecule has 22 heavy (non-hydrogen) atoms. The maximum Gasteiger partial charge on any atom is 0.330 e. The van der Waals surface area contributed by atoms with Gasteiger partial charge in [0.05, 0.1) is 5.56 Å². The average Bonchev–Trinajstić information content (AvgIpc) is 2.87. The van der Waals surface area contributed by atoms with Crippen molar-refractivity contribution in [1.29, 1.82) is 0 Å². The van der Waals surface area contributed by atoms with Crippen LogP contribution in [0.4, 0.5) is 0 Å². The number of carbonyl (C=O) groups is 2. The summed E-state index contributed by atoms with van der Waals surface area (Å²) in [5.41, 5.74) is 0.917. The Morgan fingerprint density at radius 2 is 1.77 bits per heavy atom. The Labute approximate surface area is 135 Å². The second kappa shape index (κ2) is 5.53. The van der Waals surface area contributed by atoms with Gasteiger partial charge in [-0.15, -0.1) is 0 Å². The van der Waals surface area contributed by atoms with Gasteiger partial charge in [-0.2, -0.15) is 0 Å². The molecule has 1 aliphatic carbocycles. The number of halogens is 1. The van der Waals surface area contributed by atoms with E-state index in [0.717, 1.165) is 11.1 Å². The number of nitrogens with zero attached hydrogens (tertiary/aromatic N) is 1. The molecule has 0 unspecified atom stereocenters. The Morgan fingerprint density at radius 1 is 1.14 bits per heavy atom. The Kier molecular flexibility index (Phi) is 3.70. The van der Waals surface area contributed by atoms with Gasteiger partial charge < -0.3 is 10.4 Å². The highest BCUT2D eigenvalue weighted by molar-refractivity contribution is 9.10. The number of pyridine rings is 1. The van der Waals surface area contributed by atoms with Gasteiger partial charge in [-0.05, 0) is 39.2 Å². The largest absolute Gasteiger partial charge is 0.479 e. The van der Waals surface area contributed by atoms with Gasteiger partial charge in [-0.1, -0.05) is 24.3 Å². The summed E-state index contributed by atoms with van der Waals surface area (Å²) in [6.07, 6.45) is 2.11. The zero-order valence-corrected chi connectivity index (χ0v) is 13.1. The van der Waals surface area contributed by atoms with E-state index in [0.29, 0.717) is 10.2 Å². The first-order valence-corrected chi connectivity index (χ1v) is 7.54. The van der Waals surface area contributed by atoms with Gasteiger partial charge in [-0.25, -0.2) is 9.78 Å². The van der Waals surface area contributed by atoms with Crippen LogP contribution in [0.15, 0.2) is 47.2 Å². The van der Waals surface area contributed by atoms with Gasteiger partial charge in [0.25, 0.3) is 5.91 Å². The molecule has 6 heteroatoms. The fraction of sp³-hybridized carbons (Fsp3) is 0.188. The highest BCUT2D eigenvalue weighted by atomic mass is 79.9. The molecule has 5 nitrogen and oxygen atoms in total. The van der Waals surface area contributed by atoms with Crippen LogP contribution in [0.5, 0.6) is 0 Å². The highest BCUT2D eigenvalue weighted by Gasteiger charge is 2.45. The molecule has 1 aromatic carbocycles. The van der Waals surface area contributed by atoms with Crippen molar-refractivity contribution in [3.05, 3.63) is 63.9 Å². The van der Waals surface area contributed by atoms with Gasteiger partial charge in [0.1, 0.15) is 10.1 Å². The minimum atomic E-state index is -1.31. The minimum absolute atomic E-state index is 0.280. The van der Waals surface area contributed by atoms with Crippen LogP contribution in [-0.4, -0.2) is 27.5 Å². The van der Waals surface area contributed by atoms with Gasteiger partial charge in [-0.3, -0.25) is 4.79 Å². The van der Waals surface area contributed by atoms with Crippen LogP contribution in [0.2, 0.25) is 0 Å². The number of aliphatic carboxylic acids is 1. The summed E-state index contributed by atoms with van der Waals surface area (Å²) in [5, 5.41) is 12.3. The number of carboxylic acid groups (broad SMARTS) is 1. The third kappa shape index (κ3) is 2.50. The molecule has 0 saturated carbocycles. The van der Waals surface area contributed by atoms with Gasteiger partial charge >= 0.3 is 5.97 Å². The Hall–Kier alpha value is -2.21. The first-order chi connectivity index (χ1) is 10.5. The molecular formula is C16H13BrN2O3. The molecule has 1 amide bonds. The van der Waals surface area contributed by atoms with Crippen molar-refractivity contribution in [2.45, 2.75) is 18.4 Å². The van der Waals surface area contributed by atoms with Crippen LogP contribution in [0, 0.1) is 0 Å². The average molecular weight is 361 g/mol. The molecule has 3 rings (SSSR count). The van der Waals surface area contributed by atoms with Crippen molar-refractivity contribution in [2.75, 3.05) is 0 Å². The fourth-order valence-corrected chi connectivity index (χ4v) is 3.18. The van der Waals surface area contributed by atoms with E-state index in [9.17, 15) is 14.7 Å². The normalized spacial score (nSPS) is 15.1. The van der Waals surface area contributed by atoms with Crippen molar-refractivity contribution in [3.8, 4) is 0 Å². The summed E-state index contributed by atoms with van der Waals surface area (Å²) in [6, 6.07) is 10.8. The molecule has 0 fully saturated rings. The standard InChI is InChI=1S/C16H13BrN2O3/c17-13-12(6-3-7-18-13)14(20)19-16(15(21)22)8-10-4-1-2-5-11(10)9-16/h1-7H,8-9H2,(H,19,20)(H,21,22). The van der Waals surface area contributed by atoms with E-state index in [1.807, 2.05) is 24.3 Å². The topological polar surface area (TPSA) is 79.3 Å². The molecular weight excluding hydrogens is 348 g/mol. The molecule has 1 aliphatic rings. The summed E-state index contributed by atoms with van der Waals surface area (Å²) >= 11 is 3.21. The first kappa shape index (κ1) is 14.7. The van der Waals surface area contributed by atoms with Crippen LogP contribution in [0.3, 0.4) is 0 Å². The summed E-state index contributed by atoms with van der Waals surface area (Å²) < 4.78 is 0.392. The van der Waals surface area contributed by atoms with Gasteiger partial charge in [0, 0.05) is 19.0 Å². The zero-order chi connectivity index (χ0) is 15.7. The van der Waals surface area contributed by atoms with Crippen LogP contribution >= 0.6 is 15.9 Å². The minimum Gasteiger partial charge on any atom is -0.479 e. The van der Waals surface area contributed by atoms with Gasteiger partial charge in [0.15, 0.2) is 0 Å². The quantitative estimate of drug-likeness (QED) is 0.822. The third-order valence-corrected chi connectivity index (χ3v) is 4.50. The molecule has 0 atom stereocenters. The van der Waals surface area contributed by atoms with Crippen LogP contribution in [0.25, 0.3) is 0 Å². The number of aromatic nitrogens is 1. The fourth-order valence-electron chi connectivity index (χ4n) is 2.75. The molecule has 1 heterocycles. The van der Waals surface area contributed by atoms with Crippen molar-refractivity contribution in [2.24, 2.45) is 0 Å². The number of rotatable bonds is 3. The summed E-state index contributed by atoms with van der Waals surface area (Å²) in [5.74, 6) is -1.48. The lowest BCUT2D eigenvalue weighted by Gasteiger charge is -2.25. The number of hydrogen-bond acceptors (Lipinski definition) is 3. The van der Waals surface area contributed by atoms with Crippen LogP contribution < -0.4 is 5.32 Å². The number of hydrogen-bond donors (Lipinski definition) is 2. The SMILES string of the molecule is O=C(NC1(C(=O)O)Cc2ccccc2C1)c1cccnc1Br. The lowest BCUT2D eigenvalue weighted by Crippen LogP contribution is -2.55. The first-order valence-electron chi connectivity index (χ1n) is 6.75. The van der Waals surface area contributed by atoms with Crippen LogP contribution in [-0.2, 0) is 17.6 Å². The van der Waals surface area contributed by atoms with E-state index in [4.69, 9.17) is 0 Å². The molecule has 2 N–H and O–H groups in total. The number of carbonyl (C=O) groups excluding carboxylic acids is 1. The number of nitrogens with one attached hydrogen (secondary N) is 1. The maximum absolute atomic E-state index is 12.4. The summed E-state index contributed by atoms with van der Waals surface area (Å²) in [7, 11) is 0. The molecule has 2 aromatic rings. The molecule has 1 aromatic heterocycles. The van der Waals surface area contributed by atoms with E-state index >= 15 is 0 Å². The zero-order valence-electron chi connectivity index (χ0n) is 11.5. The molecule has 0 saturated heterocycles. The van der Waals surface area contributed by atoms with E-state index in [-0.39, 0.29) is 12.8 Å². The third-order valence-electron chi connectivity index (χ3n) is 3.87. The number of benzene rings is 1. The van der Waals surface area contributed by atoms with E-state index in [1.54, 1.807) is 18.3 Å². The second-order valence-corrected chi connectivity index (χ2v) is 6.06. The Bertz CT molecular complexity index is 736. The summed E-state index contributed by atoms with van der Waals surface area (Å²) in [4.78, 5) is 28.2. The number of amides is 1. The highest BCUT2D eigenvalue weighted by Crippen LogP contribution is 2.31. The maximum atomic E-state index is 12.4. The molecule has 112 valence electrons. The molecule has 0 spiro atoms. The smallest absolute Gasteiger partial charge is 0.330 e. The monoisotopic (exact) mass is 360 g/mol. The predicted octanol–water partition coefficient (Wildman–Crippen LogP) is 2.20. The van der Waals surface area contributed by atoms with E-state index in [1.165, 1.54) is 0 Å². The predicted molar refractivity (Wildman–Crippen MR) is 83.6 cm³/mol. The van der Waals surface area contributed by atoms with E-state index < -0.39 is 17.4 Å². The van der Waals surface area contributed by atoms with Crippen LogP contribution in [0.1, 0.15) is 21.5 Å². The summed E-state index contributed by atoms with van der Waals surface area (Å²) in [6.45, 7) is 0. The Morgan fingerprint density at radius 3 is 2.32 bits per heavy atom.